The van der Waals surface area contributed by atoms with Crippen LogP contribution in [-0.4, -0.2) is 23.0 Å². The van der Waals surface area contributed by atoms with E-state index in [4.69, 9.17) is 15.8 Å². The van der Waals surface area contributed by atoms with Crippen LogP contribution in [0.2, 0.25) is 0 Å². The van der Waals surface area contributed by atoms with E-state index in [2.05, 4.69) is 10.5 Å². The number of nitrogens with one attached hydrogen (secondary N) is 2. The highest BCUT2D eigenvalue weighted by molar-refractivity contribution is 6.57. The SMILES string of the molecule is N#Cc1cccc(N/N=C\C(=N)C(=O)O)c1. The zero-order valence-electron chi connectivity index (χ0n) is 8.14. The van der Waals surface area contributed by atoms with Crippen molar-refractivity contribution in [1.29, 1.82) is 10.7 Å². The summed E-state index contributed by atoms with van der Waals surface area (Å²) in [4.78, 5) is 10.3. The summed E-state index contributed by atoms with van der Waals surface area (Å²) in [6, 6.07) is 8.48. The number of hydrogen-bond donors (Lipinski definition) is 3. The summed E-state index contributed by atoms with van der Waals surface area (Å²) in [5.74, 6) is -1.35. The molecule has 0 aliphatic rings. The van der Waals surface area contributed by atoms with E-state index in [1.165, 1.54) is 0 Å². The highest BCUT2D eigenvalue weighted by Gasteiger charge is 2.01. The Kier molecular flexibility index (Phi) is 3.75. The highest BCUT2D eigenvalue weighted by atomic mass is 16.4. The third kappa shape index (κ3) is 3.23. The molecule has 3 N–H and O–H groups in total. The van der Waals surface area contributed by atoms with Crippen LogP contribution in [-0.2, 0) is 4.79 Å². The van der Waals surface area contributed by atoms with Crippen LogP contribution >= 0.6 is 0 Å². The number of carboxylic acids is 1. The van der Waals surface area contributed by atoms with Crippen molar-refractivity contribution in [2.45, 2.75) is 0 Å². The molecular formula is C10H8N4O2. The van der Waals surface area contributed by atoms with Crippen molar-refractivity contribution in [3.8, 4) is 6.07 Å². The van der Waals surface area contributed by atoms with Gasteiger partial charge in [0, 0.05) is 0 Å². The van der Waals surface area contributed by atoms with Crippen molar-refractivity contribution in [2.24, 2.45) is 5.10 Å². The van der Waals surface area contributed by atoms with Crippen molar-refractivity contribution in [2.75, 3.05) is 5.43 Å². The van der Waals surface area contributed by atoms with Gasteiger partial charge < -0.3 is 5.11 Å². The fourth-order valence-corrected chi connectivity index (χ4v) is 0.885. The molecule has 80 valence electrons. The van der Waals surface area contributed by atoms with E-state index >= 15 is 0 Å². The number of hydrogen-bond acceptors (Lipinski definition) is 5. The van der Waals surface area contributed by atoms with Crippen LogP contribution in [0, 0.1) is 16.7 Å². The Morgan fingerprint density at radius 3 is 3.00 bits per heavy atom. The summed E-state index contributed by atoms with van der Waals surface area (Å²) in [6.07, 6.45) is 0.876. The van der Waals surface area contributed by atoms with Crippen molar-refractivity contribution in [1.82, 2.24) is 0 Å². The maximum atomic E-state index is 10.3. The molecule has 16 heavy (non-hydrogen) atoms. The Balaban J connectivity index is 2.65. The predicted octanol–water partition coefficient (Wildman–Crippen LogP) is 1.06. The maximum Gasteiger partial charge on any atom is 0.355 e. The Morgan fingerprint density at radius 2 is 2.38 bits per heavy atom. The third-order valence-corrected chi connectivity index (χ3v) is 1.61. The molecule has 0 saturated heterocycles. The molecule has 1 rings (SSSR count). The molecule has 0 amide bonds. The van der Waals surface area contributed by atoms with E-state index < -0.39 is 11.7 Å². The molecule has 1 aromatic carbocycles. The van der Waals surface area contributed by atoms with Gasteiger partial charge >= 0.3 is 5.97 Å². The largest absolute Gasteiger partial charge is 0.476 e. The third-order valence-electron chi connectivity index (χ3n) is 1.61. The fourth-order valence-electron chi connectivity index (χ4n) is 0.885. The van der Waals surface area contributed by atoms with Gasteiger partial charge in [-0.05, 0) is 18.2 Å². The van der Waals surface area contributed by atoms with E-state index in [0.29, 0.717) is 11.3 Å². The van der Waals surface area contributed by atoms with Crippen LogP contribution in [0.25, 0.3) is 0 Å². The first kappa shape index (κ1) is 11.4. The summed E-state index contributed by atoms with van der Waals surface area (Å²) < 4.78 is 0. The Morgan fingerprint density at radius 1 is 1.62 bits per heavy atom. The molecule has 0 unspecified atom stereocenters. The lowest BCUT2D eigenvalue weighted by Gasteiger charge is -1.99. The van der Waals surface area contributed by atoms with Gasteiger partial charge in [-0.1, -0.05) is 6.07 Å². The summed E-state index contributed by atoms with van der Waals surface area (Å²) in [5.41, 5.74) is 2.91. The molecule has 0 fully saturated rings. The van der Waals surface area contributed by atoms with E-state index in [0.717, 1.165) is 6.21 Å². The minimum absolute atomic E-state index is 0.466. The topological polar surface area (TPSA) is 109 Å². The molecule has 6 heteroatoms. The average molecular weight is 216 g/mol. The average Bonchev–Trinajstić information content (AvgIpc) is 2.29. The quantitative estimate of drug-likeness (QED) is 0.516. The lowest BCUT2D eigenvalue weighted by atomic mass is 10.2. The summed E-state index contributed by atoms with van der Waals surface area (Å²) in [6.45, 7) is 0. The molecule has 0 heterocycles. The van der Waals surface area contributed by atoms with Crippen molar-refractivity contribution in [3.05, 3.63) is 29.8 Å². The maximum absolute atomic E-state index is 10.3. The zero-order valence-corrected chi connectivity index (χ0v) is 8.14. The second-order valence-corrected chi connectivity index (χ2v) is 2.78. The first-order valence-electron chi connectivity index (χ1n) is 4.24. The second kappa shape index (κ2) is 5.26. The normalized spacial score (nSPS) is 9.69. The van der Waals surface area contributed by atoms with Gasteiger partial charge in [-0.3, -0.25) is 10.8 Å². The van der Waals surface area contributed by atoms with Crippen LogP contribution < -0.4 is 5.43 Å². The Hall–Kier alpha value is -2.68. The minimum Gasteiger partial charge on any atom is -0.476 e. The number of aliphatic carboxylic acids is 1. The molecule has 6 nitrogen and oxygen atoms in total. The summed E-state index contributed by atoms with van der Waals surface area (Å²) in [5, 5.41) is 27.5. The molecule has 0 bridgehead atoms. The number of hydrazone groups is 1. The van der Waals surface area contributed by atoms with Gasteiger partial charge in [0.05, 0.1) is 23.5 Å². The van der Waals surface area contributed by atoms with Crippen molar-refractivity contribution >= 4 is 23.6 Å². The molecule has 0 aliphatic carbocycles. The van der Waals surface area contributed by atoms with Gasteiger partial charge in [0.1, 0.15) is 0 Å². The van der Waals surface area contributed by atoms with Crippen LogP contribution in [0.1, 0.15) is 5.56 Å². The first-order chi connectivity index (χ1) is 7.63. The molecule has 0 spiro atoms. The van der Waals surface area contributed by atoms with Crippen LogP contribution in [0.3, 0.4) is 0 Å². The number of benzene rings is 1. The molecule has 0 atom stereocenters. The number of rotatable bonds is 4. The van der Waals surface area contributed by atoms with Crippen LogP contribution in [0.5, 0.6) is 0 Å². The minimum atomic E-state index is -1.35. The monoisotopic (exact) mass is 216 g/mol. The van der Waals surface area contributed by atoms with Crippen molar-refractivity contribution < 1.29 is 9.90 Å². The van der Waals surface area contributed by atoms with Gasteiger partial charge in [0.2, 0.25) is 0 Å². The number of carbonyl (C=O) groups is 1. The van der Waals surface area contributed by atoms with Gasteiger partial charge in [-0.2, -0.15) is 10.4 Å². The summed E-state index contributed by atoms with van der Waals surface area (Å²) in [7, 11) is 0. The standard InChI is InChI=1S/C10H8N4O2/c11-5-7-2-1-3-8(4-7)14-13-6-9(12)10(15)16/h1-4,6,12,14H,(H,15,16)/b12-9?,13-6-. The Bertz CT molecular complexity index is 488. The number of anilines is 1. The molecular weight excluding hydrogens is 208 g/mol. The van der Waals surface area contributed by atoms with Gasteiger partial charge in [-0.15, -0.1) is 0 Å². The van der Waals surface area contributed by atoms with E-state index in [1.807, 2.05) is 6.07 Å². The van der Waals surface area contributed by atoms with Crippen LogP contribution in [0.4, 0.5) is 5.69 Å². The van der Waals surface area contributed by atoms with Crippen molar-refractivity contribution in [3.63, 3.8) is 0 Å². The second-order valence-electron chi connectivity index (χ2n) is 2.78. The summed E-state index contributed by atoms with van der Waals surface area (Å²) >= 11 is 0. The fraction of sp³-hybridized carbons (Fsp3) is 0. The molecule has 0 aromatic heterocycles. The number of nitriles is 1. The number of carboxylic acid groups (broad SMARTS) is 1. The molecule has 0 saturated carbocycles. The smallest absolute Gasteiger partial charge is 0.355 e. The van der Waals surface area contributed by atoms with Gasteiger partial charge in [-0.25, -0.2) is 4.79 Å². The molecule has 0 aliphatic heterocycles. The Labute approximate surface area is 91.3 Å². The van der Waals surface area contributed by atoms with Gasteiger partial charge in [0.25, 0.3) is 0 Å². The number of nitrogens with zero attached hydrogens (tertiary/aromatic N) is 2. The lowest BCUT2D eigenvalue weighted by Crippen LogP contribution is -2.13. The van der Waals surface area contributed by atoms with Crippen LogP contribution in [0.15, 0.2) is 29.4 Å². The zero-order chi connectivity index (χ0) is 12.0. The predicted molar refractivity (Wildman–Crippen MR) is 58.6 cm³/mol. The lowest BCUT2D eigenvalue weighted by molar-refractivity contribution is -0.129. The van der Waals surface area contributed by atoms with E-state index in [1.54, 1.807) is 24.3 Å². The first-order valence-corrected chi connectivity index (χ1v) is 4.24. The van der Waals surface area contributed by atoms with E-state index in [-0.39, 0.29) is 0 Å². The van der Waals surface area contributed by atoms with Gasteiger partial charge in [0.15, 0.2) is 5.71 Å². The molecule has 1 aromatic rings. The molecule has 0 radical (unpaired) electrons. The van der Waals surface area contributed by atoms with E-state index in [9.17, 15) is 4.79 Å². The highest BCUT2D eigenvalue weighted by Crippen LogP contribution is 2.08.